The molecule has 0 saturated carbocycles. The van der Waals surface area contributed by atoms with Crippen LogP contribution < -0.4 is 10.1 Å². The monoisotopic (exact) mass is 269 g/mol. The van der Waals surface area contributed by atoms with E-state index in [9.17, 15) is 0 Å². The molecule has 2 nitrogen and oxygen atoms in total. The lowest BCUT2D eigenvalue weighted by molar-refractivity contribution is 0.404. The molecule has 0 unspecified atom stereocenters. The molecule has 2 rings (SSSR count). The lowest BCUT2D eigenvalue weighted by Gasteiger charge is -2.24. The van der Waals surface area contributed by atoms with Crippen molar-refractivity contribution >= 4 is 15.9 Å². The van der Waals surface area contributed by atoms with E-state index >= 15 is 0 Å². The Morgan fingerprint density at radius 2 is 2.27 bits per heavy atom. The van der Waals surface area contributed by atoms with Crippen molar-refractivity contribution in [2.75, 3.05) is 13.7 Å². The van der Waals surface area contributed by atoms with Gasteiger partial charge >= 0.3 is 0 Å². The Morgan fingerprint density at radius 3 is 2.87 bits per heavy atom. The van der Waals surface area contributed by atoms with E-state index in [1.807, 2.05) is 6.07 Å². The van der Waals surface area contributed by atoms with Crippen molar-refractivity contribution in [2.24, 2.45) is 0 Å². The van der Waals surface area contributed by atoms with Crippen molar-refractivity contribution in [2.45, 2.75) is 25.3 Å². The van der Waals surface area contributed by atoms with Crippen LogP contribution >= 0.6 is 15.9 Å². The second-order valence-electron chi connectivity index (χ2n) is 3.90. The maximum Gasteiger partial charge on any atom is 0.133 e. The molecule has 3 heteroatoms. The van der Waals surface area contributed by atoms with Gasteiger partial charge in [0.2, 0.25) is 0 Å². The van der Waals surface area contributed by atoms with Gasteiger partial charge < -0.3 is 10.1 Å². The summed E-state index contributed by atoms with van der Waals surface area (Å²) in [6.07, 6.45) is 3.86. The molecule has 0 amide bonds. The van der Waals surface area contributed by atoms with Crippen LogP contribution in [-0.4, -0.2) is 13.7 Å². The zero-order valence-corrected chi connectivity index (χ0v) is 10.5. The summed E-state index contributed by atoms with van der Waals surface area (Å²) < 4.78 is 6.26. The van der Waals surface area contributed by atoms with E-state index in [-0.39, 0.29) is 0 Å². The molecule has 82 valence electrons. The van der Waals surface area contributed by atoms with Crippen LogP contribution in [0.2, 0.25) is 0 Å². The van der Waals surface area contributed by atoms with E-state index in [0.717, 1.165) is 16.8 Å². The predicted octanol–water partition coefficient (Wildman–Crippen LogP) is 3.27. The van der Waals surface area contributed by atoms with Gasteiger partial charge in [0, 0.05) is 6.04 Å². The minimum absolute atomic E-state index is 0.515. The molecule has 1 heterocycles. The highest BCUT2D eigenvalue weighted by Gasteiger charge is 2.15. The number of nitrogens with one attached hydrogen (secondary N) is 1. The number of piperidine rings is 1. The van der Waals surface area contributed by atoms with Crippen LogP contribution in [0.25, 0.3) is 0 Å². The minimum atomic E-state index is 0.515. The molecule has 1 aliphatic heterocycles. The predicted molar refractivity (Wildman–Crippen MR) is 65.3 cm³/mol. The third-order valence-electron chi connectivity index (χ3n) is 2.89. The van der Waals surface area contributed by atoms with E-state index in [2.05, 4.69) is 33.4 Å². The van der Waals surface area contributed by atoms with E-state index in [1.54, 1.807) is 7.11 Å². The smallest absolute Gasteiger partial charge is 0.133 e. The standard InChI is InChI=1S/C12H16BrNO/c1-15-12-6-5-9(8-10(12)13)11-4-2-3-7-14-11/h5-6,8,11,14H,2-4,7H2,1H3/t11-/m1/s1. The van der Waals surface area contributed by atoms with Gasteiger partial charge in [-0.05, 0) is 53.0 Å². The third-order valence-corrected chi connectivity index (χ3v) is 3.51. The maximum absolute atomic E-state index is 5.22. The van der Waals surface area contributed by atoms with Gasteiger partial charge in [-0.1, -0.05) is 12.5 Å². The summed E-state index contributed by atoms with van der Waals surface area (Å²) in [5.74, 6) is 0.898. The number of halogens is 1. The first-order chi connectivity index (χ1) is 7.31. The average molecular weight is 270 g/mol. The van der Waals surface area contributed by atoms with Crippen molar-refractivity contribution in [1.82, 2.24) is 5.32 Å². The van der Waals surface area contributed by atoms with Crippen LogP contribution in [0.4, 0.5) is 0 Å². The normalized spacial score (nSPS) is 21.3. The summed E-state index contributed by atoms with van der Waals surface area (Å²) in [6.45, 7) is 1.13. The van der Waals surface area contributed by atoms with Gasteiger partial charge in [0.15, 0.2) is 0 Å². The summed E-state index contributed by atoms with van der Waals surface area (Å²) in [7, 11) is 1.69. The topological polar surface area (TPSA) is 21.3 Å². The Hall–Kier alpha value is -0.540. The zero-order valence-electron chi connectivity index (χ0n) is 8.92. The number of ether oxygens (including phenoxy) is 1. The fraction of sp³-hybridized carbons (Fsp3) is 0.500. The molecule has 0 aliphatic carbocycles. The summed E-state index contributed by atoms with van der Waals surface area (Å²) in [5.41, 5.74) is 1.35. The highest BCUT2D eigenvalue weighted by molar-refractivity contribution is 9.10. The van der Waals surface area contributed by atoms with Gasteiger partial charge in [-0.2, -0.15) is 0 Å². The van der Waals surface area contributed by atoms with Crippen molar-refractivity contribution < 1.29 is 4.74 Å². The molecule has 0 aromatic heterocycles. The molecule has 0 radical (unpaired) electrons. The van der Waals surface area contributed by atoms with Crippen LogP contribution in [0.1, 0.15) is 30.9 Å². The molecular weight excluding hydrogens is 254 g/mol. The lowest BCUT2D eigenvalue weighted by atomic mass is 9.97. The van der Waals surface area contributed by atoms with Gasteiger partial charge in [-0.15, -0.1) is 0 Å². The highest BCUT2D eigenvalue weighted by Crippen LogP contribution is 2.30. The molecule has 1 N–H and O–H groups in total. The average Bonchev–Trinajstić information content (AvgIpc) is 2.30. The molecule has 1 aromatic rings. The van der Waals surface area contributed by atoms with E-state index in [4.69, 9.17) is 4.74 Å². The van der Waals surface area contributed by atoms with Crippen LogP contribution in [-0.2, 0) is 0 Å². The summed E-state index contributed by atoms with van der Waals surface area (Å²) in [5, 5.41) is 3.54. The number of hydrogen-bond acceptors (Lipinski definition) is 2. The molecular formula is C12H16BrNO. The maximum atomic E-state index is 5.22. The molecule has 0 bridgehead atoms. The Bertz CT molecular complexity index is 334. The highest BCUT2D eigenvalue weighted by atomic mass is 79.9. The van der Waals surface area contributed by atoms with Crippen LogP contribution in [0.15, 0.2) is 22.7 Å². The number of methoxy groups -OCH3 is 1. The molecule has 15 heavy (non-hydrogen) atoms. The Labute approximate surface area is 99.1 Å². The van der Waals surface area contributed by atoms with Crippen molar-refractivity contribution in [3.8, 4) is 5.75 Å². The zero-order chi connectivity index (χ0) is 10.7. The first-order valence-corrected chi connectivity index (χ1v) is 6.17. The van der Waals surface area contributed by atoms with E-state index < -0.39 is 0 Å². The molecule has 1 atom stereocenters. The van der Waals surface area contributed by atoms with Crippen molar-refractivity contribution in [3.63, 3.8) is 0 Å². The largest absolute Gasteiger partial charge is 0.496 e. The van der Waals surface area contributed by atoms with E-state index in [1.165, 1.54) is 24.8 Å². The Kier molecular flexibility index (Phi) is 3.65. The van der Waals surface area contributed by atoms with Crippen molar-refractivity contribution in [1.29, 1.82) is 0 Å². The second kappa shape index (κ2) is 4.99. The van der Waals surface area contributed by atoms with Gasteiger partial charge in [-0.25, -0.2) is 0 Å². The fourth-order valence-corrected chi connectivity index (χ4v) is 2.59. The SMILES string of the molecule is COc1ccc([C@H]2CCCCN2)cc1Br. The van der Waals surface area contributed by atoms with Crippen LogP contribution in [0, 0.1) is 0 Å². The van der Waals surface area contributed by atoms with Gasteiger partial charge in [-0.3, -0.25) is 0 Å². The number of rotatable bonds is 2. The molecule has 1 fully saturated rings. The van der Waals surface area contributed by atoms with Crippen LogP contribution in [0.5, 0.6) is 5.75 Å². The lowest BCUT2D eigenvalue weighted by Crippen LogP contribution is -2.26. The fourth-order valence-electron chi connectivity index (χ4n) is 2.04. The molecule has 1 saturated heterocycles. The number of hydrogen-bond donors (Lipinski definition) is 1. The Balaban J connectivity index is 2.17. The quantitative estimate of drug-likeness (QED) is 0.890. The molecule has 1 aromatic carbocycles. The second-order valence-corrected chi connectivity index (χ2v) is 4.75. The molecule has 0 spiro atoms. The first kappa shape index (κ1) is 11.0. The molecule has 1 aliphatic rings. The van der Waals surface area contributed by atoms with Crippen molar-refractivity contribution in [3.05, 3.63) is 28.2 Å². The Morgan fingerprint density at radius 1 is 1.40 bits per heavy atom. The third kappa shape index (κ3) is 2.52. The summed E-state index contributed by atoms with van der Waals surface area (Å²) in [6, 6.07) is 6.84. The van der Waals surface area contributed by atoms with Gasteiger partial charge in [0.25, 0.3) is 0 Å². The van der Waals surface area contributed by atoms with Gasteiger partial charge in [0.05, 0.1) is 11.6 Å². The minimum Gasteiger partial charge on any atom is -0.496 e. The number of benzene rings is 1. The van der Waals surface area contributed by atoms with Crippen LogP contribution in [0.3, 0.4) is 0 Å². The van der Waals surface area contributed by atoms with E-state index in [0.29, 0.717) is 6.04 Å². The summed E-state index contributed by atoms with van der Waals surface area (Å²) >= 11 is 3.52. The first-order valence-electron chi connectivity index (χ1n) is 5.38. The summed E-state index contributed by atoms with van der Waals surface area (Å²) in [4.78, 5) is 0. The van der Waals surface area contributed by atoms with Gasteiger partial charge in [0.1, 0.15) is 5.75 Å².